The molecule has 1 aliphatic heterocycles. The van der Waals surface area contributed by atoms with Gasteiger partial charge in [0.2, 0.25) is 17.7 Å². The van der Waals surface area contributed by atoms with E-state index in [0.717, 1.165) is 12.0 Å². The summed E-state index contributed by atoms with van der Waals surface area (Å²) in [5.41, 5.74) is 1.48. The van der Waals surface area contributed by atoms with Gasteiger partial charge in [0.05, 0.1) is 6.04 Å². The van der Waals surface area contributed by atoms with E-state index in [1.54, 1.807) is 32.2 Å². The van der Waals surface area contributed by atoms with Gasteiger partial charge in [-0.15, -0.1) is 0 Å². The Bertz CT molecular complexity index is 1160. The molecule has 3 N–H and O–H groups in total. The second-order valence-electron chi connectivity index (χ2n) is 10.3. The van der Waals surface area contributed by atoms with Gasteiger partial charge in [0.25, 0.3) is 0 Å². The maximum atomic E-state index is 14.0. The van der Waals surface area contributed by atoms with Crippen molar-refractivity contribution >= 4 is 17.7 Å². The van der Waals surface area contributed by atoms with Crippen molar-refractivity contribution in [3.05, 3.63) is 65.2 Å². The Kier molecular flexibility index (Phi) is 11.4. The van der Waals surface area contributed by atoms with Gasteiger partial charge >= 0.3 is 0 Å². The predicted octanol–water partition coefficient (Wildman–Crippen LogP) is 3.13. The van der Waals surface area contributed by atoms with E-state index in [2.05, 4.69) is 16.0 Å². The molecular weight excluding hydrogens is 518 g/mol. The molecule has 3 amide bonds. The molecule has 0 aliphatic carbocycles. The van der Waals surface area contributed by atoms with Crippen LogP contribution in [-0.2, 0) is 27.2 Å². The van der Waals surface area contributed by atoms with Gasteiger partial charge < -0.3 is 25.6 Å². The molecule has 0 saturated heterocycles. The lowest BCUT2D eigenvalue weighted by atomic mass is 10.0. The Morgan fingerprint density at radius 1 is 0.975 bits per heavy atom. The van der Waals surface area contributed by atoms with Crippen LogP contribution in [0.4, 0.5) is 8.78 Å². The van der Waals surface area contributed by atoms with Crippen LogP contribution < -0.4 is 20.7 Å². The molecule has 4 atom stereocenters. The number of ether oxygens (including phenoxy) is 1. The summed E-state index contributed by atoms with van der Waals surface area (Å²) < 4.78 is 33.5. The van der Waals surface area contributed by atoms with Crippen LogP contribution >= 0.6 is 0 Å². The minimum atomic E-state index is -0.932. The van der Waals surface area contributed by atoms with Crippen LogP contribution in [0.1, 0.15) is 51.2 Å². The third kappa shape index (κ3) is 8.74. The summed E-state index contributed by atoms with van der Waals surface area (Å²) in [5, 5.41) is 8.91. The number of benzene rings is 2. The number of carbonyl (C=O) groups is 3. The first-order valence-electron chi connectivity index (χ1n) is 13.9. The number of aryl methyl sites for hydroxylation is 1. The van der Waals surface area contributed by atoms with Gasteiger partial charge in [-0.05, 0) is 62.4 Å². The van der Waals surface area contributed by atoms with E-state index in [9.17, 15) is 23.2 Å². The Hall–Kier alpha value is -3.53. The largest absolute Gasteiger partial charge is 0.489 e. The molecule has 0 aromatic heterocycles. The fourth-order valence-electron chi connectivity index (χ4n) is 4.60. The molecule has 40 heavy (non-hydrogen) atoms. The van der Waals surface area contributed by atoms with Crippen molar-refractivity contribution < 1.29 is 27.9 Å². The van der Waals surface area contributed by atoms with E-state index in [0.29, 0.717) is 43.7 Å². The average Bonchev–Trinajstić information content (AvgIpc) is 2.93. The molecule has 0 unspecified atom stereocenters. The zero-order valence-corrected chi connectivity index (χ0v) is 23.6. The third-order valence-electron chi connectivity index (χ3n) is 7.10. The van der Waals surface area contributed by atoms with Crippen molar-refractivity contribution in [2.75, 3.05) is 20.1 Å². The maximum absolute atomic E-state index is 14.0. The number of carbonyl (C=O) groups excluding carboxylic acids is 3. The second-order valence-corrected chi connectivity index (χ2v) is 10.3. The minimum absolute atomic E-state index is 0.149. The second kappa shape index (κ2) is 14.7. The van der Waals surface area contributed by atoms with Crippen LogP contribution in [0.15, 0.2) is 42.5 Å². The molecule has 8 nitrogen and oxygen atoms in total. The van der Waals surface area contributed by atoms with Crippen molar-refractivity contribution in [3.63, 3.8) is 0 Å². The minimum Gasteiger partial charge on any atom is -0.489 e. The summed E-state index contributed by atoms with van der Waals surface area (Å²) in [6, 6.07) is 7.79. The summed E-state index contributed by atoms with van der Waals surface area (Å²) >= 11 is 0. The number of hydrogen-bond donors (Lipinski definition) is 3. The molecule has 10 heteroatoms. The molecule has 0 saturated carbocycles. The highest BCUT2D eigenvalue weighted by Crippen LogP contribution is 2.23. The Balaban J connectivity index is 1.87. The van der Waals surface area contributed by atoms with Gasteiger partial charge in [0, 0.05) is 32.6 Å². The molecule has 1 aliphatic rings. The van der Waals surface area contributed by atoms with Crippen molar-refractivity contribution in [1.29, 1.82) is 0 Å². The van der Waals surface area contributed by atoms with Gasteiger partial charge in [0.1, 0.15) is 35.6 Å². The van der Waals surface area contributed by atoms with Gasteiger partial charge in [0.15, 0.2) is 0 Å². The van der Waals surface area contributed by atoms with Gasteiger partial charge in [-0.2, -0.15) is 0 Å². The molecule has 1 heterocycles. The first-order valence-corrected chi connectivity index (χ1v) is 13.9. The third-order valence-corrected chi connectivity index (χ3v) is 7.10. The molecule has 0 spiro atoms. The fraction of sp³-hybridized carbons (Fsp3) is 0.500. The normalized spacial score (nSPS) is 23.8. The van der Waals surface area contributed by atoms with Crippen LogP contribution in [0.25, 0.3) is 0 Å². The van der Waals surface area contributed by atoms with Crippen LogP contribution in [0.2, 0.25) is 0 Å². The van der Waals surface area contributed by atoms with Gasteiger partial charge in [-0.3, -0.25) is 14.4 Å². The van der Waals surface area contributed by atoms with Crippen LogP contribution in [0.5, 0.6) is 5.75 Å². The Morgan fingerprint density at radius 2 is 1.68 bits per heavy atom. The lowest BCUT2D eigenvalue weighted by Gasteiger charge is -2.30. The van der Waals surface area contributed by atoms with Gasteiger partial charge in [-0.25, -0.2) is 8.78 Å². The van der Waals surface area contributed by atoms with Crippen molar-refractivity contribution in [2.45, 2.75) is 77.1 Å². The molecule has 0 bridgehead atoms. The maximum Gasteiger partial charge on any atom is 0.243 e. The van der Waals surface area contributed by atoms with E-state index in [4.69, 9.17) is 4.74 Å². The summed E-state index contributed by atoms with van der Waals surface area (Å²) in [7, 11) is 1.56. The smallest absolute Gasteiger partial charge is 0.243 e. The molecule has 0 fully saturated rings. The number of halogens is 2. The topological polar surface area (TPSA) is 99.8 Å². The van der Waals surface area contributed by atoms with E-state index >= 15 is 0 Å². The Morgan fingerprint density at radius 3 is 2.38 bits per heavy atom. The molecule has 3 rings (SSSR count). The van der Waals surface area contributed by atoms with E-state index in [-0.39, 0.29) is 18.4 Å². The summed E-state index contributed by atoms with van der Waals surface area (Å²) in [6.45, 7) is 6.08. The standard InChI is InChI=1S/C30H40F2N4O4/c1-5-7-25-30(39)36(4)20(3)28(37)35-26(16-21-9-12-23(31)13-10-21)29(38)33-15-6-8-22-11-14-24(32)17-27(22)40-19(2)18-34-25/h9-14,17,19-20,25-26,34H,5-8,15-16,18H2,1-4H3,(H,33,38)(H,35,37)/t19-,20-,25+,26-/m1/s1. The van der Waals surface area contributed by atoms with Crippen molar-refractivity contribution in [3.8, 4) is 5.75 Å². The number of fused-ring (bicyclic) bond motifs is 1. The number of nitrogens with zero attached hydrogens (tertiary/aromatic N) is 1. The number of amides is 3. The first-order chi connectivity index (χ1) is 19.1. The van der Waals surface area contributed by atoms with Crippen molar-refractivity contribution in [2.24, 2.45) is 0 Å². The lowest BCUT2D eigenvalue weighted by Crippen LogP contribution is -2.56. The number of rotatable bonds is 4. The van der Waals surface area contributed by atoms with Gasteiger partial charge in [-0.1, -0.05) is 31.5 Å². The molecule has 218 valence electrons. The quantitative estimate of drug-likeness (QED) is 0.536. The highest BCUT2D eigenvalue weighted by atomic mass is 19.1. The van der Waals surface area contributed by atoms with Crippen molar-refractivity contribution in [1.82, 2.24) is 20.9 Å². The van der Waals surface area contributed by atoms with Crippen LogP contribution in [0, 0.1) is 11.6 Å². The molecule has 2 aromatic rings. The Labute approximate surface area is 234 Å². The summed E-state index contributed by atoms with van der Waals surface area (Å²) in [5.74, 6) is -1.51. The lowest BCUT2D eigenvalue weighted by molar-refractivity contribution is -0.141. The fourth-order valence-corrected chi connectivity index (χ4v) is 4.60. The average molecular weight is 559 g/mol. The summed E-state index contributed by atoms with van der Waals surface area (Å²) in [4.78, 5) is 41.2. The number of likely N-dealkylation sites (N-methyl/N-ethyl adjacent to an activating group) is 1. The zero-order valence-electron chi connectivity index (χ0n) is 23.6. The zero-order chi connectivity index (χ0) is 29.2. The highest BCUT2D eigenvalue weighted by molar-refractivity contribution is 5.92. The first kappa shape index (κ1) is 31.0. The highest BCUT2D eigenvalue weighted by Gasteiger charge is 2.31. The van der Waals surface area contributed by atoms with Crippen LogP contribution in [0.3, 0.4) is 0 Å². The van der Waals surface area contributed by atoms with E-state index in [1.165, 1.54) is 29.2 Å². The van der Waals surface area contributed by atoms with E-state index in [1.807, 2.05) is 13.8 Å². The molecule has 0 radical (unpaired) electrons. The SMILES string of the molecule is CCC[C@@H]1NC[C@@H](C)Oc2cc(F)ccc2CCCNC(=O)[C@@H](Cc2ccc(F)cc2)NC(=O)[C@@H](C)N(C)C1=O. The summed E-state index contributed by atoms with van der Waals surface area (Å²) in [6.07, 6.45) is 2.17. The number of hydrogen-bond acceptors (Lipinski definition) is 5. The molecule has 2 aromatic carbocycles. The predicted molar refractivity (Wildman–Crippen MR) is 149 cm³/mol. The number of nitrogens with one attached hydrogen (secondary N) is 3. The monoisotopic (exact) mass is 558 g/mol. The molecular formula is C30H40F2N4O4. The van der Waals surface area contributed by atoms with Crippen LogP contribution in [-0.4, -0.2) is 67.0 Å². The van der Waals surface area contributed by atoms with E-state index < -0.39 is 41.6 Å².